The number of anilines is 1. The Labute approximate surface area is 239 Å². The molecular formula is C29H30N4O7S. The topological polar surface area (TPSA) is 126 Å². The van der Waals surface area contributed by atoms with Crippen LogP contribution in [0.4, 0.5) is 11.4 Å². The Morgan fingerprint density at radius 2 is 1.93 bits per heavy atom. The lowest BCUT2D eigenvalue weighted by Gasteiger charge is -2.26. The minimum Gasteiger partial charge on any atom is -0.496 e. The number of benzene rings is 2. The second-order valence-corrected chi connectivity index (χ2v) is 10.7. The van der Waals surface area contributed by atoms with E-state index in [4.69, 9.17) is 14.2 Å². The molecule has 3 heterocycles. The van der Waals surface area contributed by atoms with Crippen LogP contribution in [-0.4, -0.2) is 56.0 Å². The monoisotopic (exact) mass is 578 g/mol. The van der Waals surface area contributed by atoms with Crippen molar-refractivity contribution < 1.29 is 23.9 Å². The molecule has 1 saturated heterocycles. The number of allylic oxidation sites excluding steroid dienone is 1. The number of nitrogens with zero attached hydrogens (tertiary/aromatic N) is 4. The van der Waals surface area contributed by atoms with Crippen molar-refractivity contribution in [2.45, 2.75) is 25.8 Å². The van der Waals surface area contributed by atoms with Crippen LogP contribution in [0.5, 0.6) is 5.75 Å². The first-order valence-corrected chi connectivity index (χ1v) is 14.0. The zero-order chi connectivity index (χ0) is 29.1. The van der Waals surface area contributed by atoms with Crippen LogP contribution in [0.15, 0.2) is 63.5 Å². The lowest BCUT2D eigenvalue weighted by atomic mass is 9.95. The second kappa shape index (κ2) is 12.1. The molecule has 2 aliphatic rings. The van der Waals surface area contributed by atoms with Gasteiger partial charge in [0.1, 0.15) is 24.1 Å². The Bertz CT molecular complexity index is 1700. The third-order valence-electron chi connectivity index (χ3n) is 7.14. The fourth-order valence-corrected chi connectivity index (χ4v) is 6.26. The first-order chi connectivity index (χ1) is 19.8. The smallest absolute Gasteiger partial charge is 0.338 e. The van der Waals surface area contributed by atoms with Gasteiger partial charge in [-0.25, -0.2) is 9.79 Å². The molecule has 5 rings (SSSR count). The van der Waals surface area contributed by atoms with Crippen LogP contribution in [0, 0.1) is 10.1 Å². The van der Waals surface area contributed by atoms with Crippen molar-refractivity contribution in [1.29, 1.82) is 0 Å². The van der Waals surface area contributed by atoms with Crippen molar-refractivity contribution in [3.8, 4) is 5.75 Å². The molecule has 11 nitrogen and oxygen atoms in total. The normalized spacial score (nSPS) is 16.9. The molecule has 2 aliphatic heterocycles. The van der Waals surface area contributed by atoms with Gasteiger partial charge in [0.15, 0.2) is 4.80 Å². The summed E-state index contributed by atoms with van der Waals surface area (Å²) in [7, 11) is 3.03. The van der Waals surface area contributed by atoms with Crippen LogP contribution >= 0.6 is 11.3 Å². The number of ether oxygens (including phenoxy) is 3. The molecule has 0 aliphatic carbocycles. The molecule has 0 spiro atoms. The standard InChI is InChI=1S/C29H30N4O7S/c1-18-25(28(35)40-15-14-38-2)26(20-8-4-5-9-23(20)39-3)32-27(34)24(41-29(32)30-18)17-19-10-11-21(22(16-19)33(36)37)31-12-6-7-13-31/h4-5,8-11,16-17,26H,6-7,12-15H2,1-3H3. The van der Waals surface area contributed by atoms with Gasteiger partial charge in [0, 0.05) is 31.8 Å². The number of carbonyl (C=O) groups excluding carboxylic acids is 1. The molecule has 12 heteroatoms. The highest BCUT2D eigenvalue weighted by Gasteiger charge is 2.35. The third-order valence-corrected chi connectivity index (χ3v) is 8.12. The van der Waals surface area contributed by atoms with E-state index >= 15 is 0 Å². The molecule has 1 unspecified atom stereocenters. The summed E-state index contributed by atoms with van der Waals surface area (Å²) in [5.74, 6) is -0.112. The molecule has 0 amide bonds. The van der Waals surface area contributed by atoms with Gasteiger partial charge >= 0.3 is 5.97 Å². The molecule has 2 aromatic carbocycles. The van der Waals surface area contributed by atoms with E-state index in [0.717, 1.165) is 37.3 Å². The highest BCUT2D eigenvalue weighted by Crippen LogP contribution is 2.36. The van der Waals surface area contributed by atoms with E-state index < -0.39 is 12.0 Å². The number of para-hydroxylation sites is 1. The summed E-state index contributed by atoms with van der Waals surface area (Å²) in [5, 5.41) is 11.9. The number of methoxy groups -OCH3 is 2. The Kier molecular flexibility index (Phi) is 8.31. The summed E-state index contributed by atoms with van der Waals surface area (Å²) in [4.78, 5) is 45.8. The van der Waals surface area contributed by atoms with Crippen LogP contribution in [-0.2, 0) is 14.3 Å². The van der Waals surface area contributed by atoms with Crippen LogP contribution < -0.4 is 24.5 Å². The number of carbonyl (C=O) groups is 1. The van der Waals surface area contributed by atoms with Crippen molar-refractivity contribution in [3.05, 3.63) is 94.7 Å². The van der Waals surface area contributed by atoms with E-state index in [-0.39, 0.29) is 35.0 Å². The fourth-order valence-electron chi connectivity index (χ4n) is 5.22. The summed E-state index contributed by atoms with van der Waals surface area (Å²) in [6.45, 7) is 3.52. The lowest BCUT2D eigenvalue weighted by molar-refractivity contribution is -0.384. The van der Waals surface area contributed by atoms with E-state index in [1.807, 2.05) is 4.90 Å². The number of rotatable bonds is 9. The van der Waals surface area contributed by atoms with Gasteiger partial charge in [-0.3, -0.25) is 19.5 Å². The van der Waals surface area contributed by atoms with Gasteiger partial charge in [-0.15, -0.1) is 0 Å². The summed E-state index contributed by atoms with van der Waals surface area (Å²) >= 11 is 1.15. The van der Waals surface area contributed by atoms with Crippen molar-refractivity contribution in [2.24, 2.45) is 4.99 Å². The Morgan fingerprint density at radius 1 is 1.17 bits per heavy atom. The van der Waals surface area contributed by atoms with Gasteiger partial charge in [-0.1, -0.05) is 35.6 Å². The maximum absolute atomic E-state index is 13.9. The van der Waals surface area contributed by atoms with E-state index in [1.54, 1.807) is 49.4 Å². The van der Waals surface area contributed by atoms with E-state index in [2.05, 4.69) is 4.99 Å². The average Bonchev–Trinajstić information content (AvgIpc) is 3.61. The summed E-state index contributed by atoms with van der Waals surface area (Å²) < 4.78 is 17.8. The maximum Gasteiger partial charge on any atom is 0.338 e. The zero-order valence-corrected chi connectivity index (χ0v) is 23.8. The van der Waals surface area contributed by atoms with Gasteiger partial charge in [-0.2, -0.15) is 0 Å². The van der Waals surface area contributed by atoms with Crippen LogP contribution in [0.2, 0.25) is 0 Å². The van der Waals surface area contributed by atoms with Crippen LogP contribution in [0.1, 0.15) is 36.9 Å². The number of nitro benzene ring substituents is 1. The number of hydrogen-bond donors (Lipinski definition) is 0. The largest absolute Gasteiger partial charge is 0.496 e. The Balaban J connectivity index is 1.64. The number of fused-ring (bicyclic) bond motifs is 1. The Morgan fingerprint density at radius 3 is 2.63 bits per heavy atom. The predicted molar refractivity (Wildman–Crippen MR) is 154 cm³/mol. The third kappa shape index (κ3) is 5.52. The molecule has 0 saturated carbocycles. The fraction of sp³-hybridized carbons (Fsp3) is 0.345. The van der Waals surface area contributed by atoms with Crippen molar-refractivity contribution in [3.63, 3.8) is 0 Å². The van der Waals surface area contributed by atoms with Crippen molar-refractivity contribution >= 4 is 34.8 Å². The lowest BCUT2D eigenvalue weighted by Crippen LogP contribution is -2.40. The molecule has 0 N–H and O–H groups in total. The van der Waals surface area contributed by atoms with Crippen molar-refractivity contribution in [1.82, 2.24) is 4.57 Å². The summed E-state index contributed by atoms with van der Waals surface area (Å²) in [5.41, 5.74) is 1.95. The number of aromatic nitrogens is 1. The van der Waals surface area contributed by atoms with E-state index in [9.17, 15) is 19.7 Å². The van der Waals surface area contributed by atoms with E-state index in [1.165, 1.54) is 24.9 Å². The van der Waals surface area contributed by atoms with Gasteiger partial charge in [0.25, 0.3) is 11.2 Å². The SMILES string of the molecule is COCCOC(=O)C1=C(C)N=c2sc(=Cc3ccc(N4CCCC4)c([N+](=O)[O-])c3)c(=O)n2C1c1ccccc1OC. The molecule has 1 aromatic heterocycles. The van der Waals surface area contributed by atoms with Gasteiger partial charge in [0.2, 0.25) is 0 Å². The first-order valence-electron chi connectivity index (χ1n) is 13.2. The maximum atomic E-state index is 13.9. The van der Waals surface area contributed by atoms with Gasteiger partial charge in [-0.05, 0) is 43.5 Å². The highest BCUT2D eigenvalue weighted by molar-refractivity contribution is 7.07. The molecule has 214 valence electrons. The van der Waals surface area contributed by atoms with Crippen LogP contribution in [0.25, 0.3) is 6.08 Å². The number of hydrogen-bond acceptors (Lipinski definition) is 10. The first kappa shape index (κ1) is 28.2. The highest BCUT2D eigenvalue weighted by atomic mass is 32.1. The minimum atomic E-state index is -0.855. The second-order valence-electron chi connectivity index (χ2n) is 9.65. The Hall–Kier alpha value is -4.29. The molecule has 3 aromatic rings. The van der Waals surface area contributed by atoms with Gasteiger partial charge < -0.3 is 19.1 Å². The summed E-state index contributed by atoms with van der Waals surface area (Å²) in [6, 6.07) is 11.3. The molecule has 1 atom stereocenters. The summed E-state index contributed by atoms with van der Waals surface area (Å²) in [6.07, 6.45) is 3.61. The predicted octanol–water partition coefficient (Wildman–Crippen LogP) is 2.94. The number of thiazole rings is 1. The number of esters is 1. The molecule has 1 fully saturated rings. The van der Waals surface area contributed by atoms with Gasteiger partial charge in [0.05, 0.1) is 34.4 Å². The molecule has 41 heavy (non-hydrogen) atoms. The molecular weight excluding hydrogens is 548 g/mol. The number of nitro groups is 1. The minimum absolute atomic E-state index is 0.00254. The zero-order valence-electron chi connectivity index (χ0n) is 23.0. The van der Waals surface area contributed by atoms with Crippen LogP contribution in [0.3, 0.4) is 0 Å². The quantitative estimate of drug-likeness (QED) is 0.164. The molecule has 0 radical (unpaired) electrons. The molecule has 0 bridgehead atoms. The average molecular weight is 579 g/mol. The van der Waals surface area contributed by atoms with E-state index in [0.29, 0.717) is 37.6 Å². The van der Waals surface area contributed by atoms with Crippen molar-refractivity contribution in [2.75, 3.05) is 45.4 Å².